The van der Waals surface area contributed by atoms with Crippen LogP contribution in [0.5, 0.6) is 0 Å². The lowest BCUT2D eigenvalue weighted by Gasteiger charge is -2.22. The third-order valence-corrected chi connectivity index (χ3v) is 12.4. The molecule has 342 valence electrons. The molecule has 0 aromatic rings. The second-order valence-corrected chi connectivity index (χ2v) is 19.4. The van der Waals surface area contributed by atoms with Crippen molar-refractivity contribution in [1.82, 2.24) is 9.62 Å². The predicted molar refractivity (Wildman–Crippen MR) is 248 cm³/mol. The van der Waals surface area contributed by atoms with Crippen LogP contribution in [0.4, 0.5) is 0 Å². The average Bonchev–Trinajstić information content (AvgIpc) is 3.18. The lowest BCUT2D eigenvalue weighted by atomic mass is 10.0. The van der Waals surface area contributed by atoms with E-state index in [2.05, 4.69) is 37.3 Å². The maximum atomic E-state index is 12.8. The van der Waals surface area contributed by atoms with Gasteiger partial charge in [0.15, 0.2) is 0 Å². The summed E-state index contributed by atoms with van der Waals surface area (Å²) in [5.41, 5.74) is 0. The first-order valence-electron chi connectivity index (χ1n) is 25.2. The number of hydrogen-bond acceptors (Lipinski definition) is 6. The highest BCUT2D eigenvalue weighted by atomic mass is 32.2. The third kappa shape index (κ3) is 43.2. The summed E-state index contributed by atoms with van der Waals surface area (Å²) in [6.07, 6.45) is 45.3. The van der Waals surface area contributed by atoms with Crippen LogP contribution in [0.3, 0.4) is 0 Å². The van der Waals surface area contributed by atoms with Crippen LogP contribution in [0.2, 0.25) is 0 Å². The van der Waals surface area contributed by atoms with Crippen molar-refractivity contribution >= 4 is 16.0 Å². The summed E-state index contributed by atoms with van der Waals surface area (Å²) in [7, 11) is -3.14. The molecule has 1 N–H and O–H groups in total. The van der Waals surface area contributed by atoms with E-state index in [4.69, 9.17) is 9.47 Å². The number of nitrogens with one attached hydrogen (secondary N) is 1. The molecule has 0 aliphatic rings. The Morgan fingerprint density at radius 1 is 0.474 bits per heavy atom. The van der Waals surface area contributed by atoms with Gasteiger partial charge in [0.25, 0.3) is 0 Å². The van der Waals surface area contributed by atoms with Crippen molar-refractivity contribution in [2.75, 3.05) is 39.0 Å². The molecule has 0 saturated heterocycles. The van der Waals surface area contributed by atoms with Crippen LogP contribution >= 0.6 is 0 Å². The standard InChI is InChI=1S/C49H100N2O5S/c1-6-10-13-16-22-29-38-47(37-9-4)55-46-35-28-20-19-26-33-43-51(45-36-42-50-57(5,53)54)44-34-27-21-25-32-41-49(52)56-48(39-30-23-17-14-11-7-2)40-31-24-18-15-12-8-3/h47-48,50H,6-46H2,1-5H3. The van der Waals surface area contributed by atoms with E-state index in [9.17, 15) is 13.2 Å². The quantitative estimate of drug-likeness (QED) is 0.0486. The largest absolute Gasteiger partial charge is 0.462 e. The molecular weight excluding hydrogens is 729 g/mol. The monoisotopic (exact) mass is 829 g/mol. The van der Waals surface area contributed by atoms with Crippen LogP contribution < -0.4 is 4.72 Å². The Labute approximate surface area is 357 Å². The summed E-state index contributed by atoms with van der Waals surface area (Å²) < 4.78 is 38.1. The second kappa shape index (κ2) is 43.4. The molecule has 0 bridgehead atoms. The molecule has 0 saturated carbocycles. The number of unbranched alkanes of at least 4 members (excludes halogenated alkanes) is 24. The predicted octanol–water partition coefficient (Wildman–Crippen LogP) is 14.3. The van der Waals surface area contributed by atoms with Crippen molar-refractivity contribution < 1.29 is 22.7 Å². The van der Waals surface area contributed by atoms with Gasteiger partial charge in [0.05, 0.1) is 12.4 Å². The average molecular weight is 829 g/mol. The Morgan fingerprint density at radius 3 is 1.35 bits per heavy atom. The number of carbonyl (C=O) groups is 1. The van der Waals surface area contributed by atoms with Gasteiger partial charge in [-0.15, -0.1) is 0 Å². The zero-order chi connectivity index (χ0) is 41.9. The van der Waals surface area contributed by atoms with Gasteiger partial charge in [0, 0.05) is 19.6 Å². The van der Waals surface area contributed by atoms with Gasteiger partial charge in [0.1, 0.15) is 6.10 Å². The molecule has 0 rings (SSSR count). The second-order valence-electron chi connectivity index (χ2n) is 17.6. The van der Waals surface area contributed by atoms with E-state index in [0.717, 1.165) is 71.2 Å². The third-order valence-electron chi connectivity index (χ3n) is 11.6. The minimum atomic E-state index is -3.14. The lowest BCUT2D eigenvalue weighted by molar-refractivity contribution is -0.150. The van der Waals surface area contributed by atoms with E-state index in [1.807, 2.05) is 0 Å². The molecule has 1 atom stereocenters. The van der Waals surface area contributed by atoms with Gasteiger partial charge in [-0.2, -0.15) is 0 Å². The summed E-state index contributed by atoms with van der Waals surface area (Å²) in [6, 6.07) is 0. The van der Waals surface area contributed by atoms with Gasteiger partial charge in [0.2, 0.25) is 10.0 Å². The van der Waals surface area contributed by atoms with Crippen LogP contribution in [0.1, 0.15) is 259 Å². The van der Waals surface area contributed by atoms with Crippen LogP contribution in [0.25, 0.3) is 0 Å². The summed E-state index contributed by atoms with van der Waals surface area (Å²) in [5.74, 6) is 0.0126. The Bertz CT molecular complexity index is 917. The van der Waals surface area contributed by atoms with Crippen molar-refractivity contribution in [2.45, 2.75) is 271 Å². The Hall–Kier alpha value is -0.700. The summed E-state index contributed by atoms with van der Waals surface area (Å²) in [5, 5.41) is 0. The Morgan fingerprint density at radius 2 is 0.877 bits per heavy atom. The van der Waals surface area contributed by atoms with Crippen molar-refractivity contribution in [3.05, 3.63) is 0 Å². The molecule has 1 unspecified atom stereocenters. The van der Waals surface area contributed by atoms with Gasteiger partial charge >= 0.3 is 5.97 Å². The number of rotatable bonds is 47. The van der Waals surface area contributed by atoms with Crippen LogP contribution in [0, 0.1) is 0 Å². The molecule has 0 aliphatic carbocycles. The van der Waals surface area contributed by atoms with E-state index in [0.29, 0.717) is 19.1 Å². The molecular formula is C49H100N2O5S. The molecule has 0 aromatic heterocycles. The Kier molecular flexibility index (Phi) is 42.9. The fraction of sp³-hybridized carbons (Fsp3) is 0.980. The molecule has 0 aromatic carbocycles. The Balaban J connectivity index is 4.36. The highest BCUT2D eigenvalue weighted by molar-refractivity contribution is 7.88. The molecule has 57 heavy (non-hydrogen) atoms. The highest BCUT2D eigenvalue weighted by Crippen LogP contribution is 2.19. The van der Waals surface area contributed by atoms with Gasteiger partial charge in [-0.25, -0.2) is 13.1 Å². The zero-order valence-electron chi connectivity index (χ0n) is 39.0. The van der Waals surface area contributed by atoms with Crippen molar-refractivity contribution in [3.8, 4) is 0 Å². The smallest absolute Gasteiger partial charge is 0.306 e. The van der Waals surface area contributed by atoms with E-state index in [1.165, 1.54) is 186 Å². The SMILES string of the molecule is CCCCCCCCC(CCC)OCCCCCCCCN(CCCCCCCC(=O)OC(CCCCCCCC)CCCCCCCC)CCCNS(C)(=O)=O. The van der Waals surface area contributed by atoms with E-state index >= 15 is 0 Å². The van der Waals surface area contributed by atoms with Crippen molar-refractivity contribution in [1.29, 1.82) is 0 Å². The zero-order valence-corrected chi connectivity index (χ0v) is 39.9. The number of hydrogen-bond donors (Lipinski definition) is 1. The first-order valence-corrected chi connectivity index (χ1v) is 27.1. The lowest BCUT2D eigenvalue weighted by Crippen LogP contribution is -2.31. The minimum Gasteiger partial charge on any atom is -0.462 e. The van der Waals surface area contributed by atoms with Crippen LogP contribution in [-0.4, -0.2) is 70.5 Å². The number of esters is 1. The molecule has 0 fully saturated rings. The fourth-order valence-corrected chi connectivity index (χ4v) is 8.54. The van der Waals surface area contributed by atoms with Crippen LogP contribution in [-0.2, 0) is 24.3 Å². The minimum absolute atomic E-state index is 0.0126. The van der Waals surface area contributed by atoms with Gasteiger partial charge in [-0.1, -0.05) is 182 Å². The number of ether oxygens (including phenoxy) is 2. The normalized spacial score (nSPS) is 12.6. The molecule has 8 heteroatoms. The fourth-order valence-electron chi connectivity index (χ4n) is 8.02. The topological polar surface area (TPSA) is 84.9 Å². The van der Waals surface area contributed by atoms with Crippen molar-refractivity contribution in [2.24, 2.45) is 0 Å². The molecule has 7 nitrogen and oxygen atoms in total. The molecule has 0 radical (unpaired) electrons. The van der Waals surface area contributed by atoms with E-state index in [1.54, 1.807) is 0 Å². The first-order chi connectivity index (χ1) is 27.8. The van der Waals surface area contributed by atoms with Gasteiger partial charge in [-0.3, -0.25) is 4.79 Å². The summed E-state index contributed by atoms with van der Waals surface area (Å²) >= 11 is 0. The number of carbonyl (C=O) groups excluding carboxylic acids is 1. The maximum absolute atomic E-state index is 12.8. The molecule has 0 amide bonds. The van der Waals surface area contributed by atoms with Crippen molar-refractivity contribution in [3.63, 3.8) is 0 Å². The number of sulfonamides is 1. The molecule has 0 spiro atoms. The molecule has 0 aliphatic heterocycles. The maximum Gasteiger partial charge on any atom is 0.306 e. The summed E-state index contributed by atoms with van der Waals surface area (Å²) in [4.78, 5) is 15.4. The summed E-state index contributed by atoms with van der Waals surface area (Å²) in [6.45, 7) is 13.6. The van der Waals surface area contributed by atoms with Gasteiger partial charge < -0.3 is 14.4 Å². The number of nitrogens with zero attached hydrogens (tertiary/aromatic N) is 1. The van der Waals surface area contributed by atoms with E-state index < -0.39 is 10.0 Å². The van der Waals surface area contributed by atoms with E-state index in [-0.39, 0.29) is 12.1 Å². The van der Waals surface area contributed by atoms with Crippen LogP contribution in [0.15, 0.2) is 0 Å². The molecule has 0 heterocycles. The highest BCUT2D eigenvalue weighted by Gasteiger charge is 2.15. The van der Waals surface area contributed by atoms with Gasteiger partial charge in [-0.05, 0) is 90.3 Å². The first kappa shape index (κ1) is 56.3.